The molecule has 9 heteroatoms. The van der Waals surface area contributed by atoms with E-state index in [9.17, 15) is 8.42 Å². The molecular formula is C10H8ClN5O2S. The van der Waals surface area contributed by atoms with E-state index in [1.165, 1.54) is 10.8 Å². The highest BCUT2D eigenvalue weighted by atomic mass is 35.7. The van der Waals surface area contributed by atoms with Crippen LogP contribution in [0.4, 0.5) is 0 Å². The Balaban J connectivity index is 2.57. The van der Waals surface area contributed by atoms with Crippen LogP contribution in [0.2, 0.25) is 0 Å². The first-order valence-electron chi connectivity index (χ1n) is 5.21. The van der Waals surface area contributed by atoms with E-state index in [1.54, 1.807) is 19.1 Å². The van der Waals surface area contributed by atoms with Crippen LogP contribution in [0.1, 0.15) is 12.5 Å². The van der Waals surface area contributed by atoms with Crippen LogP contribution in [0.15, 0.2) is 23.5 Å². The fraction of sp³-hybridized carbons (Fsp3) is 0.200. The summed E-state index contributed by atoms with van der Waals surface area (Å²) in [6, 6.07) is 5.07. The SMILES string of the molecule is CCn1c(-c2ccc(C#N)cn2)nnc1S(=O)(=O)Cl. The van der Waals surface area contributed by atoms with E-state index in [0.29, 0.717) is 17.8 Å². The molecule has 7 nitrogen and oxygen atoms in total. The number of aromatic nitrogens is 4. The first-order chi connectivity index (χ1) is 8.97. The summed E-state index contributed by atoms with van der Waals surface area (Å²) in [4.78, 5) is 4.04. The lowest BCUT2D eigenvalue weighted by Crippen LogP contribution is -2.06. The van der Waals surface area contributed by atoms with Crippen LogP contribution < -0.4 is 0 Å². The summed E-state index contributed by atoms with van der Waals surface area (Å²) in [5, 5.41) is 15.7. The van der Waals surface area contributed by atoms with Gasteiger partial charge < -0.3 is 0 Å². The second kappa shape index (κ2) is 4.95. The monoisotopic (exact) mass is 297 g/mol. The molecule has 0 saturated heterocycles. The van der Waals surface area contributed by atoms with Crippen molar-refractivity contribution in [2.45, 2.75) is 18.6 Å². The molecular weight excluding hydrogens is 290 g/mol. The first kappa shape index (κ1) is 13.5. The van der Waals surface area contributed by atoms with Gasteiger partial charge in [0.05, 0.1) is 5.56 Å². The highest BCUT2D eigenvalue weighted by Crippen LogP contribution is 2.20. The molecule has 0 fully saturated rings. The fourth-order valence-corrected chi connectivity index (χ4v) is 2.50. The average Bonchev–Trinajstić information content (AvgIpc) is 2.82. The molecule has 0 aliphatic heterocycles. The number of hydrogen-bond donors (Lipinski definition) is 0. The second-order valence-electron chi connectivity index (χ2n) is 3.53. The number of halogens is 1. The van der Waals surface area contributed by atoms with Crippen LogP contribution in [-0.4, -0.2) is 28.2 Å². The van der Waals surface area contributed by atoms with Gasteiger partial charge in [0.15, 0.2) is 5.82 Å². The molecule has 0 radical (unpaired) electrons. The minimum atomic E-state index is -3.96. The van der Waals surface area contributed by atoms with Crippen LogP contribution in [0.5, 0.6) is 0 Å². The molecule has 0 atom stereocenters. The van der Waals surface area contributed by atoms with Gasteiger partial charge in [0.1, 0.15) is 11.8 Å². The standard InChI is InChI=1S/C10H8ClN5O2S/c1-2-16-9(14-15-10(16)19(11,17)18)8-4-3-7(5-12)6-13-8/h3-4,6H,2H2,1H3. The smallest absolute Gasteiger partial charge is 0.296 e. The van der Waals surface area contributed by atoms with Crippen LogP contribution in [0.25, 0.3) is 11.5 Å². The lowest BCUT2D eigenvalue weighted by Gasteiger charge is -2.04. The number of rotatable bonds is 3. The van der Waals surface area contributed by atoms with E-state index >= 15 is 0 Å². The molecule has 2 aromatic rings. The van der Waals surface area contributed by atoms with E-state index in [-0.39, 0.29) is 11.0 Å². The molecule has 0 saturated carbocycles. The molecule has 2 rings (SSSR count). The van der Waals surface area contributed by atoms with E-state index < -0.39 is 9.05 Å². The maximum absolute atomic E-state index is 11.3. The van der Waals surface area contributed by atoms with E-state index in [1.807, 2.05) is 6.07 Å². The Morgan fingerprint density at radius 2 is 2.16 bits per heavy atom. The number of nitriles is 1. The summed E-state index contributed by atoms with van der Waals surface area (Å²) in [6.45, 7) is 2.06. The van der Waals surface area contributed by atoms with Gasteiger partial charge in [-0.1, -0.05) is 0 Å². The van der Waals surface area contributed by atoms with Crippen molar-refractivity contribution in [2.75, 3.05) is 0 Å². The molecule has 0 bridgehead atoms. The van der Waals surface area contributed by atoms with Crippen molar-refractivity contribution in [1.29, 1.82) is 5.26 Å². The summed E-state index contributed by atoms with van der Waals surface area (Å²) < 4.78 is 24.0. The summed E-state index contributed by atoms with van der Waals surface area (Å²) >= 11 is 0. The zero-order chi connectivity index (χ0) is 14.0. The fourth-order valence-electron chi connectivity index (χ4n) is 1.54. The Morgan fingerprint density at radius 3 is 2.63 bits per heavy atom. The Labute approximate surface area is 113 Å². The molecule has 0 spiro atoms. The number of pyridine rings is 1. The Hall–Kier alpha value is -1.98. The van der Waals surface area contributed by atoms with Gasteiger partial charge in [0, 0.05) is 23.4 Å². The third-order valence-corrected chi connectivity index (χ3v) is 3.53. The summed E-state index contributed by atoms with van der Waals surface area (Å²) in [5.74, 6) is 0.284. The molecule has 2 aromatic heterocycles. The maximum Gasteiger partial charge on any atom is 0.296 e. The molecule has 0 aliphatic rings. The van der Waals surface area contributed by atoms with Gasteiger partial charge in [-0.25, -0.2) is 8.42 Å². The van der Waals surface area contributed by atoms with Crippen molar-refractivity contribution in [3.8, 4) is 17.6 Å². The highest BCUT2D eigenvalue weighted by molar-refractivity contribution is 8.13. The first-order valence-corrected chi connectivity index (χ1v) is 7.52. The van der Waals surface area contributed by atoms with Crippen LogP contribution in [0, 0.1) is 11.3 Å². The molecule has 19 heavy (non-hydrogen) atoms. The van der Waals surface area contributed by atoms with Gasteiger partial charge >= 0.3 is 0 Å². The molecule has 0 aromatic carbocycles. The van der Waals surface area contributed by atoms with Crippen molar-refractivity contribution in [1.82, 2.24) is 19.7 Å². The molecule has 0 amide bonds. The van der Waals surface area contributed by atoms with Crippen LogP contribution in [-0.2, 0) is 15.6 Å². The van der Waals surface area contributed by atoms with E-state index in [2.05, 4.69) is 15.2 Å². The summed E-state index contributed by atoms with van der Waals surface area (Å²) in [6.07, 6.45) is 1.37. The Kier molecular flexibility index (Phi) is 3.50. The molecule has 98 valence electrons. The van der Waals surface area contributed by atoms with Gasteiger partial charge in [0.25, 0.3) is 14.2 Å². The van der Waals surface area contributed by atoms with Crippen molar-refractivity contribution >= 4 is 19.7 Å². The van der Waals surface area contributed by atoms with Crippen LogP contribution in [0.3, 0.4) is 0 Å². The molecule has 0 unspecified atom stereocenters. The minimum Gasteiger partial charge on any atom is -0.296 e. The summed E-state index contributed by atoms with van der Waals surface area (Å²) in [5.41, 5.74) is 0.816. The van der Waals surface area contributed by atoms with E-state index in [4.69, 9.17) is 15.9 Å². The number of nitrogens with zero attached hydrogens (tertiary/aromatic N) is 5. The predicted octanol–water partition coefficient (Wildman–Crippen LogP) is 1.16. The summed E-state index contributed by atoms with van der Waals surface area (Å²) in [7, 11) is 1.31. The van der Waals surface area contributed by atoms with Crippen LogP contribution >= 0.6 is 10.7 Å². The number of hydrogen-bond acceptors (Lipinski definition) is 6. The zero-order valence-corrected chi connectivity index (χ0v) is 11.4. The van der Waals surface area contributed by atoms with Gasteiger partial charge in [-0.2, -0.15) is 5.26 Å². The quantitative estimate of drug-likeness (QED) is 0.788. The van der Waals surface area contributed by atoms with Crippen molar-refractivity contribution in [3.63, 3.8) is 0 Å². The zero-order valence-electron chi connectivity index (χ0n) is 9.78. The third-order valence-electron chi connectivity index (χ3n) is 2.37. The minimum absolute atomic E-state index is 0.284. The second-order valence-corrected chi connectivity index (χ2v) is 5.99. The highest BCUT2D eigenvalue weighted by Gasteiger charge is 2.22. The maximum atomic E-state index is 11.3. The largest absolute Gasteiger partial charge is 0.296 e. The molecule has 2 heterocycles. The van der Waals surface area contributed by atoms with Crippen molar-refractivity contribution in [3.05, 3.63) is 23.9 Å². The van der Waals surface area contributed by atoms with Gasteiger partial charge in [-0.15, -0.1) is 10.2 Å². The van der Waals surface area contributed by atoms with Gasteiger partial charge in [-0.05, 0) is 19.1 Å². The Bertz CT molecular complexity index is 745. The average molecular weight is 298 g/mol. The van der Waals surface area contributed by atoms with Gasteiger partial charge in [-0.3, -0.25) is 9.55 Å². The predicted molar refractivity (Wildman–Crippen MR) is 66.7 cm³/mol. The van der Waals surface area contributed by atoms with Crippen molar-refractivity contribution in [2.24, 2.45) is 0 Å². The van der Waals surface area contributed by atoms with E-state index in [0.717, 1.165) is 0 Å². The lowest BCUT2D eigenvalue weighted by molar-refractivity contribution is 0.582. The molecule has 0 N–H and O–H groups in total. The molecule has 0 aliphatic carbocycles. The lowest BCUT2D eigenvalue weighted by atomic mass is 10.2. The Morgan fingerprint density at radius 1 is 1.42 bits per heavy atom. The normalized spacial score (nSPS) is 11.2. The van der Waals surface area contributed by atoms with Crippen molar-refractivity contribution < 1.29 is 8.42 Å². The van der Waals surface area contributed by atoms with Gasteiger partial charge in [0.2, 0.25) is 0 Å². The topological polar surface area (TPSA) is 102 Å². The third kappa shape index (κ3) is 2.57.